The first kappa shape index (κ1) is 14.3. The number of rotatable bonds is 4. The lowest BCUT2D eigenvalue weighted by Crippen LogP contribution is -2.01. The van der Waals surface area contributed by atoms with E-state index in [2.05, 4.69) is 11.4 Å². The third-order valence-electron chi connectivity index (χ3n) is 2.82. The first-order valence-electron chi connectivity index (χ1n) is 5.90. The molecule has 20 heavy (non-hydrogen) atoms. The molecule has 1 N–H and O–H groups in total. The molecule has 2 aromatic carbocycles. The molecule has 2 rings (SSSR count). The molecular formula is C15H11ClF2N2. The molecule has 0 aromatic heterocycles. The van der Waals surface area contributed by atoms with E-state index in [4.69, 9.17) is 16.9 Å². The molecule has 102 valence electrons. The van der Waals surface area contributed by atoms with Crippen molar-refractivity contribution >= 4 is 17.3 Å². The Labute approximate surface area is 120 Å². The van der Waals surface area contributed by atoms with E-state index in [1.165, 1.54) is 12.1 Å². The molecule has 0 heterocycles. The highest BCUT2D eigenvalue weighted by Crippen LogP contribution is 2.22. The van der Waals surface area contributed by atoms with Gasteiger partial charge in [0.05, 0.1) is 11.3 Å². The number of anilines is 1. The summed E-state index contributed by atoms with van der Waals surface area (Å²) in [5.74, 6) is 0. The summed E-state index contributed by atoms with van der Waals surface area (Å²) >= 11 is 5.88. The second-order valence-electron chi connectivity index (χ2n) is 4.20. The Morgan fingerprint density at radius 1 is 1.15 bits per heavy atom. The van der Waals surface area contributed by atoms with E-state index in [0.717, 1.165) is 5.56 Å². The Hall–Kier alpha value is -2.12. The average Bonchev–Trinajstić information content (AvgIpc) is 2.45. The summed E-state index contributed by atoms with van der Waals surface area (Å²) in [6, 6.07) is 13.0. The van der Waals surface area contributed by atoms with Gasteiger partial charge in [0.25, 0.3) is 6.43 Å². The number of alkyl halides is 2. The summed E-state index contributed by atoms with van der Waals surface area (Å²) in [4.78, 5) is 0. The van der Waals surface area contributed by atoms with Crippen LogP contribution < -0.4 is 5.32 Å². The van der Waals surface area contributed by atoms with E-state index < -0.39 is 6.43 Å². The predicted octanol–water partition coefficient (Wildman–Crippen LogP) is 4.76. The second-order valence-corrected chi connectivity index (χ2v) is 4.63. The van der Waals surface area contributed by atoms with Crippen molar-refractivity contribution in [3.8, 4) is 6.07 Å². The van der Waals surface area contributed by atoms with Gasteiger partial charge in [-0.25, -0.2) is 8.78 Å². The van der Waals surface area contributed by atoms with Crippen molar-refractivity contribution in [3.63, 3.8) is 0 Å². The minimum atomic E-state index is -2.46. The van der Waals surface area contributed by atoms with Gasteiger partial charge in [-0.2, -0.15) is 5.26 Å². The molecular weight excluding hydrogens is 282 g/mol. The smallest absolute Gasteiger partial charge is 0.263 e. The zero-order valence-electron chi connectivity index (χ0n) is 10.4. The van der Waals surface area contributed by atoms with Crippen LogP contribution in [-0.2, 0) is 6.54 Å². The van der Waals surface area contributed by atoms with Gasteiger partial charge >= 0.3 is 0 Å². The Bertz CT molecular complexity index is 633. The third-order valence-corrected chi connectivity index (χ3v) is 3.05. The van der Waals surface area contributed by atoms with E-state index in [0.29, 0.717) is 22.8 Å². The highest BCUT2D eigenvalue weighted by atomic mass is 35.5. The van der Waals surface area contributed by atoms with Crippen LogP contribution in [0, 0.1) is 11.3 Å². The van der Waals surface area contributed by atoms with Crippen molar-refractivity contribution in [2.75, 3.05) is 5.32 Å². The Morgan fingerprint density at radius 2 is 1.85 bits per heavy atom. The first-order valence-corrected chi connectivity index (χ1v) is 6.28. The molecule has 0 spiro atoms. The van der Waals surface area contributed by atoms with E-state index in [-0.39, 0.29) is 5.56 Å². The van der Waals surface area contributed by atoms with Crippen LogP contribution in [0.2, 0.25) is 5.02 Å². The minimum absolute atomic E-state index is 0.00535. The fraction of sp³-hybridized carbons (Fsp3) is 0.133. The Morgan fingerprint density at radius 3 is 2.45 bits per heavy atom. The van der Waals surface area contributed by atoms with Crippen LogP contribution in [0.15, 0.2) is 42.5 Å². The van der Waals surface area contributed by atoms with Crippen LogP contribution in [0.25, 0.3) is 0 Å². The van der Waals surface area contributed by atoms with Gasteiger partial charge in [-0.3, -0.25) is 0 Å². The normalized spacial score (nSPS) is 10.3. The van der Waals surface area contributed by atoms with Crippen LogP contribution in [0.3, 0.4) is 0 Å². The zero-order chi connectivity index (χ0) is 14.5. The largest absolute Gasteiger partial charge is 0.380 e. The van der Waals surface area contributed by atoms with Crippen LogP contribution in [0.4, 0.5) is 14.5 Å². The molecule has 0 saturated heterocycles. The van der Waals surface area contributed by atoms with Crippen molar-refractivity contribution in [2.45, 2.75) is 13.0 Å². The van der Waals surface area contributed by atoms with E-state index in [9.17, 15) is 8.78 Å². The molecule has 0 unspecified atom stereocenters. The minimum Gasteiger partial charge on any atom is -0.380 e. The van der Waals surface area contributed by atoms with Crippen molar-refractivity contribution < 1.29 is 8.78 Å². The molecule has 0 saturated carbocycles. The number of nitrogens with one attached hydrogen (secondary N) is 1. The molecule has 0 radical (unpaired) electrons. The van der Waals surface area contributed by atoms with Crippen molar-refractivity contribution in [2.24, 2.45) is 0 Å². The summed E-state index contributed by atoms with van der Waals surface area (Å²) < 4.78 is 24.9. The highest BCUT2D eigenvalue weighted by Gasteiger charge is 2.06. The fourth-order valence-corrected chi connectivity index (χ4v) is 1.91. The summed E-state index contributed by atoms with van der Waals surface area (Å²) in [5, 5.41) is 12.6. The monoisotopic (exact) mass is 292 g/mol. The quantitative estimate of drug-likeness (QED) is 0.882. The number of halogens is 3. The van der Waals surface area contributed by atoms with Crippen molar-refractivity contribution in [1.82, 2.24) is 0 Å². The molecule has 0 bridgehead atoms. The maximum absolute atomic E-state index is 12.4. The molecule has 5 heteroatoms. The predicted molar refractivity (Wildman–Crippen MR) is 74.9 cm³/mol. The van der Waals surface area contributed by atoms with Gasteiger partial charge in [0.2, 0.25) is 0 Å². The van der Waals surface area contributed by atoms with Gasteiger partial charge in [-0.15, -0.1) is 0 Å². The third kappa shape index (κ3) is 3.46. The van der Waals surface area contributed by atoms with Gasteiger partial charge < -0.3 is 5.32 Å². The second kappa shape index (κ2) is 6.36. The van der Waals surface area contributed by atoms with Gasteiger partial charge in [0.15, 0.2) is 0 Å². The molecule has 0 aliphatic carbocycles. The van der Waals surface area contributed by atoms with E-state index >= 15 is 0 Å². The Balaban J connectivity index is 2.09. The number of hydrogen-bond acceptors (Lipinski definition) is 2. The van der Waals surface area contributed by atoms with E-state index in [1.807, 2.05) is 0 Å². The highest BCUT2D eigenvalue weighted by molar-refractivity contribution is 6.30. The van der Waals surface area contributed by atoms with Gasteiger partial charge in [0.1, 0.15) is 6.07 Å². The standard InChI is InChI=1S/C15H11ClF2N2/c16-13-6-5-12(8-19)14(7-13)20-9-10-1-3-11(4-2-10)15(17)18/h1-7,15,20H,9H2. The molecule has 0 aliphatic rings. The number of nitrogens with zero attached hydrogens (tertiary/aromatic N) is 1. The molecule has 2 nitrogen and oxygen atoms in total. The summed E-state index contributed by atoms with van der Waals surface area (Å²) in [6.07, 6.45) is -2.46. The lowest BCUT2D eigenvalue weighted by atomic mass is 10.1. The zero-order valence-corrected chi connectivity index (χ0v) is 11.2. The van der Waals surface area contributed by atoms with Gasteiger partial charge in [-0.1, -0.05) is 35.9 Å². The molecule has 0 aliphatic heterocycles. The number of benzene rings is 2. The first-order chi connectivity index (χ1) is 9.60. The lowest BCUT2D eigenvalue weighted by molar-refractivity contribution is 0.151. The van der Waals surface area contributed by atoms with Crippen molar-refractivity contribution in [3.05, 3.63) is 64.2 Å². The maximum atomic E-state index is 12.4. The maximum Gasteiger partial charge on any atom is 0.263 e. The molecule has 0 atom stereocenters. The van der Waals surface area contributed by atoms with Crippen LogP contribution in [0.1, 0.15) is 23.1 Å². The fourth-order valence-electron chi connectivity index (χ4n) is 1.74. The summed E-state index contributed by atoms with van der Waals surface area (Å²) in [7, 11) is 0. The average molecular weight is 293 g/mol. The molecule has 0 amide bonds. The van der Waals surface area contributed by atoms with Crippen LogP contribution >= 0.6 is 11.6 Å². The summed E-state index contributed by atoms with van der Waals surface area (Å²) in [6.45, 7) is 0.429. The number of hydrogen-bond donors (Lipinski definition) is 1. The van der Waals surface area contributed by atoms with Crippen molar-refractivity contribution in [1.29, 1.82) is 5.26 Å². The van der Waals surface area contributed by atoms with Crippen LogP contribution in [0.5, 0.6) is 0 Å². The lowest BCUT2D eigenvalue weighted by Gasteiger charge is -2.09. The molecule has 2 aromatic rings. The van der Waals surface area contributed by atoms with Gasteiger partial charge in [-0.05, 0) is 23.8 Å². The molecule has 0 fully saturated rings. The SMILES string of the molecule is N#Cc1ccc(Cl)cc1NCc1ccc(C(F)F)cc1. The van der Waals surface area contributed by atoms with E-state index in [1.54, 1.807) is 30.3 Å². The topological polar surface area (TPSA) is 35.8 Å². The van der Waals surface area contributed by atoms with Gasteiger partial charge in [0, 0.05) is 17.1 Å². The van der Waals surface area contributed by atoms with Crippen LogP contribution in [-0.4, -0.2) is 0 Å². The summed E-state index contributed by atoms with van der Waals surface area (Å²) in [5.41, 5.74) is 1.95. The number of nitriles is 1. The Kier molecular flexibility index (Phi) is 4.54.